The standard InChI is InChI=1S/C24H24Cl2N2O3S/c1-16-4-10-22(11-5-16)32(30,31)28(21-9-6-17(2)18(3)12-21)15-24(29)27-14-19-7-8-20(25)13-23(19)26/h4-13H,14-15H2,1-3H3,(H,27,29). The van der Waals surface area contributed by atoms with Crippen LogP contribution in [0.2, 0.25) is 10.0 Å². The first-order chi connectivity index (χ1) is 15.1. The smallest absolute Gasteiger partial charge is 0.264 e. The number of carbonyl (C=O) groups is 1. The summed E-state index contributed by atoms with van der Waals surface area (Å²) in [6, 6.07) is 16.9. The Morgan fingerprint density at radius 3 is 2.22 bits per heavy atom. The second-order valence-electron chi connectivity index (χ2n) is 7.61. The Balaban J connectivity index is 1.89. The predicted octanol–water partition coefficient (Wildman–Crippen LogP) is 5.43. The van der Waals surface area contributed by atoms with Crippen LogP contribution in [0.4, 0.5) is 5.69 Å². The largest absolute Gasteiger partial charge is 0.350 e. The molecule has 0 aliphatic heterocycles. The second kappa shape index (κ2) is 9.94. The fraction of sp³-hybridized carbons (Fsp3) is 0.208. The lowest BCUT2D eigenvalue weighted by molar-refractivity contribution is -0.119. The molecule has 0 saturated carbocycles. The quantitative estimate of drug-likeness (QED) is 0.479. The number of sulfonamides is 1. The van der Waals surface area contributed by atoms with Crippen LogP contribution in [-0.4, -0.2) is 20.9 Å². The van der Waals surface area contributed by atoms with Gasteiger partial charge in [0.1, 0.15) is 6.54 Å². The molecule has 1 N–H and O–H groups in total. The van der Waals surface area contributed by atoms with E-state index in [2.05, 4.69) is 5.32 Å². The van der Waals surface area contributed by atoms with Gasteiger partial charge in [-0.05, 0) is 73.9 Å². The number of hydrogen-bond donors (Lipinski definition) is 1. The molecule has 32 heavy (non-hydrogen) atoms. The van der Waals surface area contributed by atoms with Crippen LogP contribution in [0.3, 0.4) is 0 Å². The van der Waals surface area contributed by atoms with E-state index in [1.807, 2.05) is 26.8 Å². The van der Waals surface area contributed by atoms with Gasteiger partial charge in [-0.15, -0.1) is 0 Å². The van der Waals surface area contributed by atoms with Gasteiger partial charge >= 0.3 is 0 Å². The van der Waals surface area contributed by atoms with E-state index >= 15 is 0 Å². The maximum absolute atomic E-state index is 13.5. The summed E-state index contributed by atoms with van der Waals surface area (Å²) in [5.41, 5.74) is 4.01. The molecule has 5 nitrogen and oxygen atoms in total. The van der Waals surface area contributed by atoms with Crippen LogP contribution in [0.5, 0.6) is 0 Å². The lowest BCUT2D eigenvalue weighted by atomic mass is 10.1. The van der Waals surface area contributed by atoms with Crippen LogP contribution in [-0.2, 0) is 21.4 Å². The molecule has 3 aromatic rings. The monoisotopic (exact) mass is 490 g/mol. The van der Waals surface area contributed by atoms with Crippen molar-refractivity contribution in [3.05, 3.63) is 93.0 Å². The third kappa shape index (κ3) is 5.63. The lowest BCUT2D eigenvalue weighted by Crippen LogP contribution is -2.40. The summed E-state index contributed by atoms with van der Waals surface area (Å²) < 4.78 is 28.0. The molecular weight excluding hydrogens is 467 g/mol. The Kier molecular flexibility index (Phi) is 7.49. The highest BCUT2D eigenvalue weighted by Gasteiger charge is 2.27. The number of benzene rings is 3. The third-order valence-corrected chi connectivity index (χ3v) is 7.54. The summed E-state index contributed by atoms with van der Waals surface area (Å²) in [6.45, 7) is 5.51. The maximum Gasteiger partial charge on any atom is 0.264 e. The van der Waals surface area contributed by atoms with Gasteiger partial charge in [-0.3, -0.25) is 9.10 Å². The Morgan fingerprint density at radius 2 is 1.59 bits per heavy atom. The Hall–Kier alpha value is -2.54. The van der Waals surface area contributed by atoms with E-state index in [-0.39, 0.29) is 18.0 Å². The molecule has 0 fully saturated rings. The number of anilines is 1. The minimum atomic E-state index is -3.96. The molecule has 0 atom stereocenters. The fourth-order valence-corrected chi connectivity index (χ4v) is 4.97. The van der Waals surface area contributed by atoms with E-state index in [4.69, 9.17) is 23.2 Å². The van der Waals surface area contributed by atoms with E-state index < -0.39 is 15.9 Å². The average Bonchev–Trinajstić information content (AvgIpc) is 2.73. The van der Waals surface area contributed by atoms with Crippen molar-refractivity contribution in [2.45, 2.75) is 32.2 Å². The molecule has 0 aliphatic rings. The first-order valence-corrected chi connectivity index (χ1v) is 12.1. The van der Waals surface area contributed by atoms with Gasteiger partial charge < -0.3 is 5.32 Å². The van der Waals surface area contributed by atoms with E-state index in [9.17, 15) is 13.2 Å². The van der Waals surface area contributed by atoms with Crippen molar-refractivity contribution in [1.29, 1.82) is 0 Å². The molecule has 0 radical (unpaired) electrons. The van der Waals surface area contributed by atoms with Gasteiger partial charge in [0, 0.05) is 16.6 Å². The molecule has 3 aromatic carbocycles. The number of carbonyl (C=O) groups excluding carboxylic acids is 1. The van der Waals surface area contributed by atoms with E-state index in [1.54, 1.807) is 54.6 Å². The van der Waals surface area contributed by atoms with Crippen molar-refractivity contribution in [1.82, 2.24) is 5.32 Å². The van der Waals surface area contributed by atoms with Gasteiger partial charge in [-0.2, -0.15) is 0 Å². The molecule has 0 heterocycles. The lowest BCUT2D eigenvalue weighted by Gasteiger charge is -2.25. The van der Waals surface area contributed by atoms with Crippen molar-refractivity contribution in [2.24, 2.45) is 0 Å². The van der Waals surface area contributed by atoms with Gasteiger partial charge in [0.2, 0.25) is 5.91 Å². The maximum atomic E-state index is 13.5. The number of aryl methyl sites for hydroxylation is 3. The minimum absolute atomic E-state index is 0.120. The van der Waals surface area contributed by atoms with Crippen LogP contribution in [0.25, 0.3) is 0 Å². The molecule has 0 aromatic heterocycles. The number of hydrogen-bond acceptors (Lipinski definition) is 3. The third-order valence-electron chi connectivity index (χ3n) is 5.17. The van der Waals surface area contributed by atoms with Gasteiger partial charge in [-0.25, -0.2) is 8.42 Å². The molecule has 3 rings (SSSR count). The minimum Gasteiger partial charge on any atom is -0.350 e. The van der Waals surface area contributed by atoms with E-state index in [1.165, 1.54) is 0 Å². The van der Waals surface area contributed by atoms with Gasteiger partial charge in [0.05, 0.1) is 10.6 Å². The first-order valence-electron chi connectivity index (χ1n) is 9.95. The second-order valence-corrected chi connectivity index (χ2v) is 10.3. The summed E-state index contributed by atoms with van der Waals surface area (Å²) in [4.78, 5) is 12.9. The summed E-state index contributed by atoms with van der Waals surface area (Å²) in [6.07, 6.45) is 0. The summed E-state index contributed by atoms with van der Waals surface area (Å²) >= 11 is 12.1. The molecule has 8 heteroatoms. The van der Waals surface area contributed by atoms with Crippen molar-refractivity contribution in [3.63, 3.8) is 0 Å². The van der Waals surface area contributed by atoms with E-state index in [0.29, 0.717) is 21.3 Å². The van der Waals surface area contributed by atoms with Crippen LogP contribution in [0.1, 0.15) is 22.3 Å². The van der Waals surface area contributed by atoms with Crippen LogP contribution in [0.15, 0.2) is 65.6 Å². The van der Waals surface area contributed by atoms with Gasteiger partial charge in [-0.1, -0.05) is 53.0 Å². The Morgan fingerprint density at radius 1 is 0.906 bits per heavy atom. The van der Waals surface area contributed by atoms with Crippen molar-refractivity contribution in [2.75, 3.05) is 10.8 Å². The van der Waals surface area contributed by atoms with Crippen molar-refractivity contribution < 1.29 is 13.2 Å². The summed E-state index contributed by atoms with van der Waals surface area (Å²) in [5.74, 6) is -0.454. The molecule has 0 aliphatic carbocycles. The zero-order chi connectivity index (χ0) is 23.5. The topological polar surface area (TPSA) is 66.5 Å². The SMILES string of the molecule is Cc1ccc(S(=O)(=O)N(CC(=O)NCc2ccc(Cl)cc2Cl)c2ccc(C)c(C)c2)cc1. The summed E-state index contributed by atoms with van der Waals surface area (Å²) in [7, 11) is -3.96. The molecule has 1 amide bonds. The average molecular weight is 491 g/mol. The summed E-state index contributed by atoms with van der Waals surface area (Å²) in [5, 5.41) is 3.67. The number of nitrogens with zero attached hydrogens (tertiary/aromatic N) is 1. The molecule has 0 saturated heterocycles. The molecular formula is C24H24Cl2N2O3S. The van der Waals surface area contributed by atoms with Crippen LogP contribution >= 0.6 is 23.2 Å². The van der Waals surface area contributed by atoms with E-state index in [0.717, 1.165) is 21.0 Å². The Bertz CT molecular complexity index is 1240. The van der Waals surface area contributed by atoms with Crippen molar-refractivity contribution >= 4 is 44.8 Å². The normalized spacial score (nSPS) is 11.3. The van der Waals surface area contributed by atoms with Crippen LogP contribution < -0.4 is 9.62 Å². The number of amides is 1. The number of rotatable bonds is 7. The van der Waals surface area contributed by atoms with Gasteiger partial charge in [0.25, 0.3) is 10.0 Å². The predicted molar refractivity (Wildman–Crippen MR) is 130 cm³/mol. The highest BCUT2D eigenvalue weighted by Crippen LogP contribution is 2.26. The number of halogens is 2. The molecule has 0 bridgehead atoms. The zero-order valence-corrected chi connectivity index (χ0v) is 20.4. The highest BCUT2D eigenvalue weighted by molar-refractivity contribution is 7.92. The molecule has 168 valence electrons. The fourth-order valence-electron chi connectivity index (χ4n) is 3.08. The molecule has 0 spiro atoms. The van der Waals surface area contributed by atoms with Gasteiger partial charge in [0.15, 0.2) is 0 Å². The van der Waals surface area contributed by atoms with Crippen LogP contribution in [0, 0.1) is 20.8 Å². The molecule has 0 unspecified atom stereocenters. The Labute approximate surface area is 199 Å². The zero-order valence-electron chi connectivity index (χ0n) is 18.0. The van der Waals surface area contributed by atoms with Crippen molar-refractivity contribution in [3.8, 4) is 0 Å². The first kappa shape index (κ1) is 24.1. The highest BCUT2D eigenvalue weighted by atomic mass is 35.5. The number of nitrogens with one attached hydrogen (secondary N) is 1.